The Balaban J connectivity index is 2.70. The van der Waals surface area contributed by atoms with Crippen LogP contribution in [0.4, 0.5) is 11.4 Å². The summed E-state index contributed by atoms with van der Waals surface area (Å²) in [7, 11) is 7.82. The van der Waals surface area contributed by atoms with Crippen molar-refractivity contribution in [1.82, 2.24) is 10.2 Å². The van der Waals surface area contributed by atoms with Crippen LogP contribution in [0.3, 0.4) is 0 Å². The molecule has 1 atom stereocenters. The van der Waals surface area contributed by atoms with Gasteiger partial charge in [0.1, 0.15) is 0 Å². The molecule has 5 nitrogen and oxygen atoms in total. The Morgan fingerprint density at radius 3 is 2.42 bits per heavy atom. The van der Waals surface area contributed by atoms with Crippen molar-refractivity contribution in [3.05, 3.63) is 23.8 Å². The summed E-state index contributed by atoms with van der Waals surface area (Å²) in [5.41, 5.74) is 8.05. The van der Waals surface area contributed by atoms with Crippen molar-refractivity contribution in [2.24, 2.45) is 0 Å². The number of anilines is 2. The van der Waals surface area contributed by atoms with Crippen LogP contribution in [0, 0.1) is 0 Å². The lowest BCUT2D eigenvalue weighted by atomic mass is 10.1. The molecular formula is C14H24N4O. The molecule has 0 spiro atoms. The second kappa shape index (κ2) is 6.43. The second-order valence-corrected chi connectivity index (χ2v) is 5.19. The summed E-state index contributed by atoms with van der Waals surface area (Å²) in [5.74, 6) is -0.0919. The molecule has 5 heteroatoms. The zero-order valence-corrected chi connectivity index (χ0v) is 12.4. The average Bonchev–Trinajstić information content (AvgIpc) is 2.34. The maximum atomic E-state index is 12.0. The molecule has 3 N–H and O–H groups in total. The van der Waals surface area contributed by atoms with Gasteiger partial charge in [-0.1, -0.05) is 0 Å². The third kappa shape index (κ3) is 4.13. The quantitative estimate of drug-likeness (QED) is 0.779. The van der Waals surface area contributed by atoms with E-state index in [1.165, 1.54) is 0 Å². The van der Waals surface area contributed by atoms with Crippen molar-refractivity contribution in [1.29, 1.82) is 0 Å². The standard InChI is InChI=1S/C14H24N4O/c1-10(17(2)3)9-16-14(19)11-6-7-13(18(4)5)12(15)8-11/h6-8,10H,9,15H2,1-5H3,(H,16,19). The van der Waals surface area contributed by atoms with E-state index < -0.39 is 0 Å². The van der Waals surface area contributed by atoms with Gasteiger partial charge in [0.15, 0.2) is 0 Å². The number of hydrogen-bond donors (Lipinski definition) is 2. The van der Waals surface area contributed by atoms with Crippen LogP contribution in [0.25, 0.3) is 0 Å². The van der Waals surface area contributed by atoms with Crippen LogP contribution >= 0.6 is 0 Å². The van der Waals surface area contributed by atoms with E-state index in [2.05, 4.69) is 17.1 Å². The molecule has 0 aromatic heterocycles. The van der Waals surface area contributed by atoms with E-state index in [-0.39, 0.29) is 5.91 Å². The minimum atomic E-state index is -0.0919. The van der Waals surface area contributed by atoms with E-state index in [1.807, 2.05) is 39.2 Å². The smallest absolute Gasteiger partial charge is 0.251 e. The van der Waals surface area contributed by atoms with Gasteiger partial charge < -0.3 is 20.9 Å². The first-order valence-electron chi connectivity index (χ1n) is 6.34. The minimum absolute atomic E-state index is 0.0919. The van der Waals surface area contributed by atoms with Crippen LogP contribution in [0.5, 0.6) is 0 Å². The number of nitrogen functional groups attached to an aromatic ring is 1. The molecule has 1 aromatic rings. The van der Waals surface area contributed by atoms with Crippen molar-refractivity contribution in [3.8, 4) is 0 Å². The number of benzene rings is 1. The van der Waals surface area contributed by atoms with E-state index in [1.54, 1.807) is 12.1 Å². The largest absolute Gasteiger partial charge is 0.397 e. The monoisotopic (exact) mass is 264 g/mol. The van der Waals surface area contributed by atoms with Gasteiger partial charge in [0.05, 0.1) is 11.4 Å². The van der Waals surface area contributed by atoms with Gasteiger partial charge in [0, 0.05) is 32.2 Å². The summed E-state index contributed by atoms with van der Waals surface area (Å²) in [5, 5.41) is 2.91. The van der Waals surface area contributed by atoms with Crippen molar-refractivity contribution in [2.45, 2.75) is 13.0 Å². The van der Waals surface area contributed by atoms with Crippen molar-refractivity contribution in [3.63, 3.8) is 0 Å². The summed E-state index contributed by atoms with van der Waals surface area (Å²) in [4.78, 5) is 16.0. The number of carbonyl (C=O) groups excluding carboxylic acids is 1. The molecule has 0 radical (unpaired) electrons. The zero-order valence-electron chi connectivity index (χ0n) is 12.4. The van der Waals surface area contributed by atoms with Gasteiger partial charge in [-0.2, -0.15) is 0 Å². The Hall–Kier alpha value is -1.75. The third-order valence-electron chi connectivity index (χ3n) is 3.21. The predicted molar refractivity (Wildman–Crippen MR) is 80.7 cm³/mol. The number of nitrogens with one attached hydrogen (secondary N) is 1. The number of amides is 1. The first kappa shape index (κ1) is 15.3. The molecule has 0 heterocycles. The van der Waals surface area contributed by atoms with E-state index in [0.29, 0.717) is 23.8 Å². The van der Waals surface area contributed by atoms with Gasteiger partial charge in [-0.25, -0.2) is 0 Å². The van der Waals surface area contributed by atoms with Crippen LogP contribution in [0.15, 0.2) is 18.2 Å². The molecular weight excluding hydrogens is 240 g/mol. The second-order valence-electron chi connectivity index (χ2n) is 5.19. The van der Waals surface area contributed by atoms with Crippen molar-refractivity contribution >= 4 is 17.3 Å². The van der Waals surface area contributed by atoms with Crippen LogP contribution in [0.1, 0.15) is 17.3 Å². The lowest BCUT2D eigenvalue weighted by Gasteiger charge is -2.20. The molecule has 0 saturated carbocycles. The van der Waals surface area contributed by atoms with Gasteiger partial charge in [-0.3, -0.25) is 4.79 Å². The van der Waals surface area contributed by atoms with Gasteiger partial charge in [-0.05, 0) is 39.2 Å². The summed E-state index contributed by atoms with van der Waals surface area (Å²) < 4.78 is 0. The fourth-order valence-corrected chi connectivity index (χ4v) is 1.63. The number of likely N-dealkylation sites (N-methyl/N-ethyl adjacent to an activating group) is 1. The lowest BCUT2D eigenvalue weighted by molar-refractivity contribution is 0.0943. The summed E-state index contributed by atoms with van der Waals surface area (Å²) >= 11 is 0. The number of carbonyl (C=O) groups is 1. The summed E-state index contributed by atoms with van der Waals surface area (Å²) in [6.45, 7) is 2.67. The third-order valence-corrected chi connectivity index (χ3v) is 3.21. The molecule has 1 rings (SSSR count). The van der Waals surface area contributed by atoms with E-state index >= 15 is 0 Å². The van der Waals surface area contributed by atoms with Crippen LogP contribution < -0.4 is 16.0 Å². The highest BCUT2D eigenvalue weighted by Gasteiger charge is 2.11. The van der Waals surface area contributed by atoms with Crippen LogP contribution in [0.2, 0.25) is 0 Å². The minimum Gasteiger partial charge on any atom is -0.397 e. The number of rotatable bonds is 5. The first-order valence-corrected chi connectivity index (χ1v) is 6.34. The van der Waals surface area contributed by atoms with Gasteiger partial charge in [0.25, 0.3) is 5.91 Å². The Bertz CT molecular complexity index is 443. The molecule has 1 aromatic carbocycles. The van der Waals surface area contributed by atoms with Gasteiger partial charge in [-0.15, -0.1) is 0 Å². The Morgan fingerprint density at radius 2 is 1.95 bits per heavy atom. The molecule has 0 fully saturated rings. The van der Waals surface area contributed by atoms with Crippen molar-refractivity contribution in [2.75, 3.05) is 45.4 Å². The van der Waals surface area contributed by atoms with E-state index in [0.717, 1.165) is 5.69 Å². The van der Waals surface area contributed by atoms with E-state index in [9.17, 15) is 4.79 Å². The molecule has 0 saturated heterocycles. The highest BCUT2D eigenvalue weighted by Crippen LogP contribution is 2.22. The molecule has 19 heavy (non-hydrogen) atoms. The topological polar surface area (TPSA) is 61.6 Å². The molecule has 1 amide bonds. The SMILES string of the molecule is CC(CNC(=O)c1ccc(N(C)C)c(N)c1)N(C)C. The first-order chi connectivity index (χ1) is 8.82. The highest BCUT2D eigenvalue weighted by atomic mass is 16.1. The number of nitrogens with two attached hydrogens (primary N) is 1. The average molecular weight is 264 g/mol. The highest BCUT2D eigenvalue weighted by molar-refractivity contribution is 5.96. The van der Waals surface area contributed by atoms with Crippen molar-refractivity contribution < 1.29 is 4.79 Å². The number of nitrogens with zero attached hydrogens (tertiary/aromatic N) is 2. The number of hydrogen-bond acceptors (Lipinski definition) is 4. The maximum absolute atomic E-state index is 12.0. The Labute approximate surface area is 115 Å². The van der Waals surface area contributed by atoms with Gasteiger partial charge in [0.2, 0.25) is 0 Å². The van der Waals surface area contributed by atoms with E-state index in [4.69, 9.17) is 5.73 Å². The normalized spacial score (nSPS) is 12.3. The van der Waals surface area contributed by atoms with Crippen LogP contribution in [-0.4, -0.2) is 51.6 Å². The Morgan fingerprint density at radius 1 is 1.32 bits per heavy atom. The molecule has 1 unspecified atom stereocenters. The summed E-state index contributed by atoms with van der Waals surface area (Å²) in [6, 6.07) is 5.66. The fraction of sp³-hybridized carbons (Fsp3) is 0.500. The molecule has 106 valence electrons. The molecule has 0 aliphatic heterocycles. The zero-order chi connectivity index (χ0) is 14.6. The molecule has 0 bridgehead atoms. The van der Waals surface area contributed by atoms with Crippen LogP contribution in [-0.2, 0) is 0 Å². The Kier molecular flexibility index (Phi) is 5.18. The molecule has 0 aliphatic carbocycles. The fourth-order valence-electron chi connectivity index (χ4n) is 1.63. The summed E-state index contributed by atoms with van der Waals surface area (Å²) in [6.07, 6.45) is 0. The lowest BCUT2D eigenvalue weighted by Crippen LogP contribution is -2.38. The van der Waals surface area contributed by atoms with Gasteiger partial charge >= 0.3 is 0 Å². The predicted octanol–water partition coefficient (Wildman–Crippen LogP) is 1.01. The maximum Gasteiger partial charge on any atom is 0.251 e. The molecule has 0 aliphatic rings.